The molecule has 1 aromatic rings. The molecule has 1 N–H and O–H groups in total. The van der Waals surface area contributed by atoms with Crippen LogP contribution in [0.3, 0.4) is 0 Å². The minimum absolute atomic E-state index is 0.0260. The third kappa shape index (κ3) is 2.90. The lowest BCUT2D eigenvalue weighted by molar-refractivity contribution is 0.564. The van der Waals surface area contributed by atoms with Crippen molar-refractivity contribution in [1.82, 2.24) is 4.72 Å². The van der Waals surface area contributed by atoms with Crippen LogP contribution in [0.4, 0.5) is 11.4 Å². The number of rotatable bonds is 3. The molecule has 1 saturated heterocycles. The number of benzene rings is 1. The molecule has 21 heavy (non-hydrogen) atoms. The Hall–Kier alpha value is -0.810. The largest absolute Gasteiger partial charge is 0.243 e. The lowest BCUT2D eigenvalue weighted by Gasteiger charge is -2.15. The number of fused-ring (bicyclic) bond motifs is 1. The molecule has 1 fully saturated rings. The lowest BCUT2D eigenvalue weighted by atomic mass is 10.3. The molecule has 2 heterocycles. The fraction of sp³-hybridized carbons (Fsp3) is 0.400. The number of alkyl halides is 1. The van der Waals surface area contributed by atoms with Crippen molar-refractivity contribution in [2.45, 2.75) is 16.3 Å². The van der Waals surface area contributed by atoms with Crippen LogP contribution in [0.2, 0.25) is 0 Å². The second-order valence-electron chi connectivity index (χ2n) is 4.71. The zero-order valence-electron chi connectivity index (χ0n) is 10.4. The lowest BCUT2D eigenvalue weighted by Crippen LogP contribution is -2.40. The standard InChI is InChI=1S/C10H10ClN3O4S3/c11-6-4-20(15,16)5-8(6)14-21(17,18)9-3-1-2-7-10(9)13-19-12-7/h1-3,6,8,14H,4-5H2. The molecule has 2 aliphatic heterocycles. The van der Waals surface area contributed by atoms with Gasteiger partial charge >= 0.3 is 0 Å². The summed E-state index contributed by atoms with van der Waals surface area (Å²) in [5.74, 6) is -0.532. The third-order valence-corrected chi connectivity index (χ3v) is 7.57. The van der Waals surface area contributed by atoms with Gasteiger partial charge in [-0.15, -0.1) is 11.6 Å². The van der Waals surface area contributed by atoms with Gasteiger partial charge < -0.3 is 0 Å². The summed E-state index contributed by atoms with van der Waals surface area (Å²) in [5.41, 5.74) is 0.742. The quantitative estimate of drug-likeness (QED) is 0.820. The molecule has 0 bridgehead atoms. The Morgan fingerprint density at radius 1 is 1.29 bits per heavy atom. The summed E-state index contributed by atoms with van der Waals surface area (Å²) in [5, 5.41) is -0.780. The fourth-order valence-electron chi connectivity index (χ4n) is 2.17. The van der Waals surface area contributed by atoms with E-state index in [4.69, 9.17) is 11.6 Å². The van der Waals surface area contributed by atoms with Crippen molar-refractivity contribution < 1.29 is 16.8 Å². The minimum Gasteiger partial charge on any atom is -0.229 e. The van der Waals surface area contributed by atoms with Crippen molar-refractivity contribution in [1.29, 1.82) is 0 Å². The molecule has 114 valence electrons. The third-order valence-electron chi connectivity index (χ3n) is 3.13. The van der Waals surface area contributed by atoms with Crippen LogP contribution in [0.1, 0.15) is 0 Å². The summed E-state index contributed by atoms with van der Waals surface area (Å²) in [6, 6.07) is 3.77. The van der Waals surface area contributed by atoms with Crippen molar-refractivity contribution >= 4 is 54.2 Å². The highest BCUT2D eigenvalue weighted by atomic mass is 35.5. The molecule has 3 rings (SSSR count). The number of nitrogens with zero attached hydrogens (tertiary/aromatic N) is 2. The summed E-state index contributed by atoms with van der Waals surface area (Å²) < 4.78 is 58.2. The van der Waals surface area contributed by atoms with Crippen molar-refractivity contribution in [3.05, 3.63) is 18.2 Å². The average Bonchev–Trinajstić information content (AvgIpc) is 2.92. The van der Waals surface area contributed by atoms with Crippen molar-refractivity contribution in [3.63, 3.8) is 0 Å². The van der Waals surface area contributed by atoms with E-state index < -0.39 is 31.3 Å². The van der Waals surface area contributed by atoms with Crippen LogP contribution in [0, 0.1) is 0 Å². The van der Waals surface area contributed by atoms with Gasteiger partial charge in [0.1, 0.15) is 16.3 Å². The number of nitrogens with one attached hydrogen (secondary N) is 1. The molecule has 0 saturated carbocycles. The Bertz CT molecular complexity index is 875. The normalized spacial score (nSPS) is 26.5. The van der Waals surface area contributed by atoms with E-state index in [9.17, 15) is 16.8 Å². The van der Waals surface area contributed by atoms with Gasteiger partial charge in [0.25, 0.3) is 0 Å². The Labute approximate surface area is 130 Å². The van der Waals surface area contributed by atoms with Gasteiger partial charge in [-0.1, -0.05) is 6.07 Å². The number of sulfonamides is 1. The summed E-state index contributed by atoms with van der Waals surface area (Å²) in [6.07, 6.45) is 0. The van der Waals surface area contributed by atoms with Gasteiger partial charge in [-0.05, 0) is 12.1 Å². The molecule has 0 aliphatic carbocycles. The molecule has 2 atom stereocenters. The molecule has 0 amide bonds. The number of halogens is 1. The monoisotopic (exact) mass is 367 g/mol. The number of hydrogen-bond donors (Lipinski definition) is 1. The molecular formula is C10H10ClN3O4S3. The van der Waals surface area contributed by atoms with Gasteiger partial charge in [-0.3, -0.25) is 0 Å². The SMILES string of the molecule is O=S1(=O)CC(Cl)C(NS(=O)(=O)c2cccc3c2N=S=N3)C1. The maximum atomic E-state index is 12.4. The van der Waals surface area contributed by atoms with Gasteiger partial charge in [0.05, 0.1) is 34.3 Å². The van der Waals surface area contributed by atoms with E-state index in [1.54, 1.807) is 12.1 Å². The van der Waals surface area contributed by atoms with Crippen LogP contribution >= 0.6 is 11.6 Å². The van der Waals surface area contributed by atoms with Crippen LogP contribution < -0.4 is 4.72 Å². The summed E-state index contributed by atoms with van der Waals surface area (Å²) >= 11 is 6.83. The van der Waals surface area contributed by atoms with E-state index in [0.29, 0.717) is 5.69 Å². The van der Waals surface area contributed by atoms with Crippen LogP contribution in [0.5, 0.6) is 0 Å². The predicted molar refractivity (Wildman–Crippen MR) is 80.4 cm³/mol. The highest BCUT2D eigenvalue weighted by Gasteiger charge is 2.39. The van der Waals surface area contributed by atoms with Crippen molar-refractivity contribution in [3.8, 4) is 0 Å². The van der Waals surface area contributed by atoms with Crippen LogP contribution in [0.25, 0.3) is 0 Å². The highest BCUT2D eigenvalue weighted by Crippen LogP contribution is 2.37. The van der Waals surface area contributed by atoms with Gasteiger partial charge in [-0.25, -0.2) is 21.6 Å². The first-order valence-corrected chi connectivity index (χ1v) is 10.3. The first-order valence-electron chi connectivity index (χ1n) is 5.87. The fourth-order valence-corrected chi connectivity index (χ4v) is 6.95. The van der Waals surface area contributed by atoms with Crippen molar-refractivity contribution in [2.75, 3.05) is 11.5 Å². The molecule has 7 nitrogen and oxygen atoms in total. The van der Waals surface area contributed by atoms with Gasteiger partial charge in [-0.2, -0.15) is 8.73 Å². The molecule has 0 radical (unpaired) electrons. The van der Waals surface area contributed by atoms with E-state index in [1.165, 1.54) is 6.07 Å². The van der Waals surface area contributed by atoms with Crippen LogP contribution in [-0.2, 0) is 31.2 Å². The van der Waals surface area contributed by atoms with E-state index >= 15 is 0 Å². The molecule has 0 spiro atoms. The predicted octanol–water partition coefficient (Wildman–Crippen LogP) is 1.10. The zero-order chi connectivity index (χ0) is 15.3. The van der Waals surface area contributed by atoms with Crippen molar-refractivity contribution in [2.24, 2.45) is 8.73 Å². The van der Waals surface area contributed by atoms with E-state index in [2.05, 4.69) is 13.4 Å². The first-order chi connectivity index (χ1) is 9.78. The van der Waals surface area contributed by atoms with Crippen LogP contribution in [0.15, 0.2) is 31.8 Å². The zero-order valence-corrected chi connectivity index (χ0v) is 13.6. The van der Waals surface area contributed by atoms with Gasteiger partial charge in [0.2, 0.25) is 10.0 Å². The molecular weight excluding hydrogens is 358 g/mol. The van der Waals surface area contributed by atoms with E-state index in [-0.39, 0.29) is 22.1 Å². The van der Waals surface area contributed by atoms with E-state index in [0.717, 1.165) is 11.4 Å². The molecule has 11 heteroatoms. The Balaban J connectivity index is 1.93. The topological polar surface area (TPSA) is 105 Å². The summed E-state index contributed by atoms with van der Waals surface area (Å²) in [7, 11) is -7.23. The maximum absolute atomic E-state index is 12.4. The summed E-state index contributed by atoms with van der Waals surface area (Å²) in [6.45, 7) is 0. The van der Waals surface area contributed by atoms with Gasteiger partial charge in [0, 0.05) is 0 Å². The molecule has 2 aliphatic rings. The molecule has 1 aromatic carbocycles. The van der Waals surface area contributed by atoms with E-state index in [1.807, 2.05) is 0 Å². The average molecular weight is 368 g/mol. The minimum atomic E-state index is -3.92. The first kappa shape index (κ1) is 15.1. The summed E-state index contributed by atoms with van der Waals surface area (Å²) in [4.78, 5) is -0.0260. The highest BCUT2D eigenvalue weighted by molar-refractivity contribution is 7.92. The maximum Gasteiger partial charge on any atom is 0.243 e. The second-order valence-corrected chi connectivity index (χ2v) is 9.63. The molecule has 0 aromatic heterocycles. The van der Waals surface area contributed by atoms with Gasteiger partial charge in [0.15, 0.2) is 9.84 Å². The number of sulfone groups is 1. The smallest absolute Gasteiger partial charge is 0.229 e. The second kappa shape index (κ2) is 5.13. The van der Waals surface area contributed by atoms with Crippen LogP contribution in [-0.4, -0.2) is 39.8 Å². The Kier molecular flexibility index (Phi) is 3.69. The number of hydrogen-bond acceptors (Lipinski definition) is 6. The Morgan fingerprint density at radius 2 is 2.05 bits per heavy atom. The Morgan fingerprint density at radius 3 is 2.71 bits per heavy atom. The molecule has 2 unspecified atom stereocenters.